The molecule has 0 saturated carbocycles. The van der Waals surface area contributed by atoms with Crippen LogP contribution in [-0.2, 0) is 13.5 Å². The zero-order valence-electron chi connectivity index (χ0n) is 11.6. The molecular formula is C13H18N6O. The Kier molecular flexibility index (Phi) is 4.65. The minimum atomic E-state index is -0.227. The van der Waals surface area contributed by atoms with Crippen LogP contribution in [0.5, 0.6) is 0 Å². The first-order valence-corrected chi connectivity index (χ1v) is 6.51. The number of aromatic nitrogens is 4. The van der Waals surface area contributed by atoms with Gasteiger partial charge in [-0.1, -0.05) is 0 Å². The van der Waals surface area contributed by atoms with Crippen LogP contribution in [0.15, 0.2) is 24.8 Å². The molecule has 2 heterocycles. The average Bonchev–Trinajstić information content (AvgIpc) is 2.85. The SMILES string of the molecule is CCNc1cnc(C(=O)NCCc2nccn2C)cn1. The highest BCUT2D eigenvalue weighted by Crippen LogP contribution is 2.00. The maximum Gasteiger partial charge on any atom is 0.271 e. The first kappa shape index (κ1) is 14.0. The van der Waals surface area contributed by atoms with Crippen LogP contribution < -0.4 is 10.6 Å². The van der Waals surface area contributed by atoms with E-state index in [4.69, 9.17) is 0 Å². The predicted octanol–water partition coefficient (Wildman–Crippen LogP) is 0.614. The third-order valence-electron chi connectivity index (χ3n) is 2.80. The number of rotatable bonds is 6. The molecule has 0 fully saturated rings. The van der Waals surface area contributed by atoms with E-state index in [0.717, 1.165) is 12.4 Å². The van der Waals surface area contributed by atoms with Gasteiger partial charge in [-0.15, -0.1) is 0 Å². The predicted molar refractivity (Wildman–Crippen MR) is 75.4 cm³/mol. The van der Waals surface area contributed by atoms with Gasteiger partial charge in [0.15, 0.2) is 0 Å². The lowest BCUT2D eigenvalue weighted by atomic mass is 10.3. The molecule has 0 atom stereocenters. The summed E-state index contributed by atoms with van der Waals surface area (Å²) in [5, 5.41) is 5.83. The average molecular weight is 274 g/mol. The molecule has 2 N–H and O–H groups in total. The summed E-state index contributed by atoms with van der Waals surface area (Å²) in [6.45, 7) is 3.25. The molecule has 0 saturated heterocycles. The molecule has 0 spiro atoms. The van der Waals surface area contributed by atoms with E-state index in [9.17, 15) is 4.79 Å². The van der Waals surface area contributed by atoms with Gasteiger partial charge in [0.05, 0.1) is 12.4 Å². The molecule has 2 aromatic heterocycles. The van der Waals surface area contributed by atoms with Crippen molar-refractivity contribution in [1.29, 1.82) is 0 Å². The van der Waals surface area contributed by atoms with Crippen LogP contribution >= 0.6 is 0 Å². The topological polar surface area (TPSA) is 84.7 Å². The Balaban J connectivity index is 1.84. The Morgan fingerprint density at radius 2 is 2.15 bits per heavy atom. The van der Waals surface area contributed by atoms with Crippen molar-refractivity contribution < 1.29 is 4.79 Å². The Morgan fingerprint density at radius 3 is 2.75 bits per heavy atom. The van der Waals surface area contributed by atoms with E-state index in [1.54, 1.807) is 12.4 Å². The lowest BCUT2D eigenvalue weighted by molar-refractivity contribution is 0.0948. The summed E-state index contributed by atoms with van der Waals surface area (Å²) in [5.74, 6) is 1.37. The number of carbonyl (C=O) groups excluding carboxylic acids is 1. The Bertz CT molecular complexity index is 562. The molecule has 0 aliphatic carbocycles. The van der Waals surface area contributed by atoms with Crippen LogP contribution in [0, 0.1) is 0 Å². The monoisotopic (exact) mass is 274 g/mol. The summed E-state index contributed by atoms with van der Waals surface area (Å²) in [6, 6.07) is 0. The molecule has 0 bridgehead atoms. The smallest absolute Gasteiger partial charge is 0.271 e. The van der Waals surface area contributed by atoms with Crippen LogP contribution in [0.2, 0.25) is 0 Å². The number of anilines is 1. The molecule has 7 nitrogen and oxygen atoms in total. The van der Waals surface area contributed by atoms with E-state index in [1.165, 1.54) is 6.20 Å². The molecule has 106 valence electrons. The van der Waals surface area contributed by atoms with Crippen LogP contribution in [0.4, 0.5) is 5.82 Å². The second kappa shape index (κ2) is 6.65. The number of imidazole rings is 1. The molecule has 2 aromatic rings. The quantitative estimate of drug-likeness (QED) is 0.806. The fraction of sp³-hybridized carbons (Fsp3) is 0.385. The summed E-state index contributed by atoms with van der Waals surface area (Å²) < 4.78 is 1.93. The van der Waals surface area contributed by atoms with Crippen molar-refractivity contribution >= 4 is 11.7 Å². The van der Waals surface area contributed by atoms with Gasteiger partial charge in [0.25, 0.3) is 5.91 Å². The number of amides is 1. The van der Waals surface area contributed by atoms with E-state index in [-0.39, 0.29) is 5.91 Å². The van der Waals surface area contributed by atoms with Gasteiger partial charge < -0.3 is 15.2 Å². The van der Waals surface area contributed by atoms with Crippen molar-refractivity contribution in [3.05, 3.63) is 36.3 Å². The van der Waals surface area contributed by atoms with E-state index in [1.807, 2.05) is 24.7 Å². The maximum atomic E-state index is 11.9. The van der Waals surface area contributed by atoms with Crippen molar-refractivity contribution in [2.24, 2.45) is 7.05 Å². The molecule has 20 heavy (non-hydrogen) atoms. The molecule has 7 heteroatoms. The molecule has 0 radical (unpaired) electrons. The normalized spacial score (nSPS) is 10.3. The van der Waals surface area contributed by atoms with Gasteiger partial charge in [0.1, 0.15) is 17.3 Å². The second-order valence-electron chi connectivity index (χ2n) is 4.28. The van der Waals surface area contributed by atoms with Crippen LogP contribution in [0.25, 0.3) is 0 Å². The van der Waals surface area contributed by atoms with Crippen molar-refractivity contribution in [2.45, 2.75) is 13.3 Å². The fourth-order valence-electron chi connectivity index (χ4n) is 1.73. The molecular weight excluding hydrogens is 256 g/mol. The number of aryl methyl sites for hydroxylation is 1. The Hall–Kier alpha value is -2.44. The van der Waals surface area contributed by atoms with Gasteiger partial charge in [-0.05, 0) is 6.92 Å². The van der Waals surface area contributed by atoms with Crippen molar-refractivity contribution in [3.8, 4) is 0 Å². The highest BCUT2D eigenvalue weighted by atomic mass is 16.1. The fourth-order valence-corrected chi connectivity index (χ4v) is 1.73. The van der Waals surface area contributed by atoms with Gasteiger partial charge in [0, 0.05) is 39.0 Å². The number of hydrogen-bond acceptors (Lipinski definition) is 5. The third-order valence-corrected chi connectivity index (χ3v) is 2.80. The number of hydrogen-bond donors (Lipinski definition) is 2. The molecule has 0 unspecified atom stereocenters. The van der Waals surface area contributed by atoms with Crippen molar-refractivity contribution in [3.63, 3.8) is 0 Å². The molecule has 2 rings (SSSR count). The van der Waals surface area contributed by atoms with Crippen molar-refractivity contribution in [1.82, 2.24) is 24.8 Å². The standard InChI is InChI=1S/C13H18N6O/c1-3-14-11-9-17-10(8-18-11)13(20)16-5-4-12-15-6-7-19(12)2/h6-9H,3-5H2,1-2H3,(H,14,18)(H,16,20). The zero-order chi connectivity index (χ0) is 14.4. The first-order valence-electron chi connectivity index (χ1n) is 6.51. The van der Waals surface area contributed by atoms with Crippen LogP contribution in [0.3, 0.4) is 0 Å². The summed E-state index contributed by atoms with van der Waals surface area (Å²) in [5.41, 5.74) is 0.312. The van der Waals surface area contributed by atoms with E-state index in [2.05, 4.69) is 25.6 Å². The largest absolute Gasteiger partial charge is 0.369 e. The highest BCUT2D eigenvalue weighted by Gasteiger charge is 2.08. The van der Waals surface area contributed by atoms with Gasteiger partial charge >= 0.3 is 0 Å². The molecule has 0 aromatic carbocycles. The van der Waals surface area contributed by atoms with E-state index in [0.29, 0.717) is 24.5 Å². The Morgan fingerprint density at radius 1 is 1.30 bits per heavy atom. The summed E-state index contributed by atoms with van der Waals surface area (Å²) in [7, 11) is 1.93. The van der Waals surface area contributed by atoms with Gasteiger partial charge in [-0.2, -0.15) is 0 Å². The number of nitrogens with one attached hydrogen (secondary N) is 2. The van der Waals surface area contributed by atoms with Crippen molar-refractivity contribution in [2.75, 3.05) is 18.4 Å². The summed E-state index contributed by atoms with van der Waals surface area (Å²) in [6.07, 6.45) is 7.31. The van der Waals surface area contributed by atoms with Crippen LogP contribution in [-0.4, -0.2) is 38.5 Å². The minimum Gasteiger partial charge on any atom is -0.369 e. The zero-order valence-corrected chi connectivity index (χ0v) is 11.6. The maximum absolute atomic E-state index is 11.9. The van der Waals surface area contributed by atoms with Gasteiger partial charge in [-0.3, -0.25) is 4.79 Å². The first-order chi connectivity index (χ1) is 9.70. The number of carbonyl (C=O) groups is 1. The number of nitrogens with zero attached hydrogens (tertiary/aromatic N) is 4. The third kappa shape index (κ3) is 3.53. The van der Waals surface area contributed by atoms with Gasteiger partial charge in [-0.25, -0.2) is 15.0 Å². The van der Waals surface area contributed by atoms with Crippen LogP contribution in [0.1, 0.15) is 23.2 Å². The highest BCUT2D eigenvalue weighted by molar-refractivity contribution is 5.91. The molecule has 0 aliphatic rings. The molecule has 1 amide bonds. The summed E-state index contributed by atoms with van der Waals surface area (Å²) >= 11 is 0. The van der Waals surface area contributed by atoms with E-state index < -0.39 is 0 Å². The lowest BCUT2D eigenvalue weighted by Crippen LogP contribution is -2.27. The second-order valence-corrected chi connectivity index (χ2v) is 4.28. The Labute approximate surface area is 117 Å². The lowest BCUT2D eigenvalue weighted by Gasteiger charge is -2.06. The van der Waals surface area contributed by atoms with Gasteiger partial charge in [0.2, 0.25) is 0 Å². The summed E-state index contributed by atoms with van der Waals surface area (Å²) in [4.78, 5) is 24.2. The van der Waals surface area contributed by atoms with E-state index >= 15 is 0 Å². The molecule has 0 aliphatic heterocycles. The minimum absolute atomic E-state index is 0.227.